The molecule has 7 nitrogen and oxygen atoms in total. The van der Waals surface area contributed by atoms with E-state index < -0.39 is 4.92 Å². The summed E-state index contributed by atoms with van der Waals surface area (Å²) in [5.74, 6) is 0.446. The van der Waals surface area contributed by atoms with Gasteiger partial charge in [0.25, 0.3) is 5.69 Å². The van der Waals surface area contributed by atoms with E-state index in [0.717, 1.165) is 0 Å². The SMILES string of the molecule is Cc1cc(OCC(=O)c2ccccc2)cc2c1C(=O)/C(=C/c1ccc([N+](=O)[O-])cc1)O2. The van der Waals surface area contributed by atoms with Crippen LogP contribution in [0.3, 0.4) is 0 Å². The Morgan fingerprint density at radius 3 is 2.48 bits per heavy atom. The van der Waals surface area contributed by atoms with E-state index in [1.807, 2.05) is 6.07 Å². The van der Waals surface area contributed by atoms with Gasteiger partial charge in [0.1, 0.15) is 11.5 Å². The lowest BCUT2D eigenvalue weighted by Gasteiger charge is -2.08. The molecule has 0 unspecified atom stereocenters. The smallest absolute Gasteiger partial charge is 0.269 e. The molecule has 4 rings (SSSR count). The Balaban J connectivity index is 1.52. The minimum Gasteiger partial charge on any atom is -0.485 e. The number of ether oxygens (including phenoxy) is 2. The number of nitrogens with zero attached hydrogens (tertiary/aromatic N) is 1. The van der Waals surface area contributed by atoms with Crippen LogP contribution in [0.4, 0.5) is 5.69 Å². The topological polar surface area (TPSA) is 95.7 Å². The molecule has 1 heterocycles. The number of hydrogen-bond donors (Lipinski definition) is 0. The molecule has 1 aliphatic rings. The summed E-state index contributed by atoms with van der Waals surface area (Å²) in [6.07, 6.45) is 1.53. The number of rotatable bonds is 6. The van der Waals surface area contributed by atoms with E-state index in [9.17, 15) is 19.7 Å². The summed E-state index contributed by atoms with van der Waals surface area (Å²) in [6, 6.07) is 17.9. The summed E-state index contributed by atoms with van der Waals surface area (Å²) in [5, 5.41) is 10.8. The van der Waals surface area contributed by atoms with Crippen LogP contribution >= 0.6 is 0 Å². The molecule has 31 heavy (non-hydrogen) atoms. The van der Waals surface area contributed by atoms with Crippen molar-refractivity contribution in [1.29, 1.82) is 0 Å². The van der Waals surface area contributed by atoms with E-state index in [4.69, 9.17) is 9.47 Å². The van der Waals surface area contributed by atoms with E-state index in [-0.39, 0.29) is 29.6 Å². The number of hydrogen-bond acceptors (Lipinski definition) is 6. The molecule has 0 atom stereocenters. The van der Waals surface area contributed by atoms with Gasteiger partial charge in [0.15, 0.2) is 18.1 Å². The van der Waals surface area contributed by atoms with Gasteiger partial charge in [0.05, 0.1) is 10.5 Å². The number of allylic oxidation sites excluding steroid dienone is 1. The quantitative estimate of drug-likeness (QED) is 0.249. The Morgan fingerprint density at radius 1 is 1.10 bits per heavy atom. The Bertz CT molecular complexity index is 1210. The third-order valence-electron chi connectivity index (χ3n) is 4.81. The molecular weight excluding hydrogens is 398 g/mol. The molecule has 0 fully saturated rings. The second kappa shape index (κ2) is 8.23. The number of fused-ring (bicyclic) bond motifs is 1. The normalized spacial score (nSPS) is 13.6. The number of benzene rings is 3. The molecule has 0 saturated heterocycles. The van der Waals surface area contributed by atoms with Crippen molar-refractivity contribution >= 4 is 23.3 Å². The van der Waals surface area contributed by atoms with Crippen LogP contribution in [0, 0.1) is 17.0 Å². The highest BCUT2D eigenvalue weighted by atomic mass is 16.6. The fraction of sp³-hybridized carbons (Fsp3) is 0.0833. The molecule has 1 aliphatic heterocycles. The van der Waals surface area contributed by atoms with Gasteiger partial charge in [-0.15, -0.1) is 0 Å². The van der Waals surface area contributed by atoms with Crippen LogP contribution in [-0.4, -0.2) is 23.1 Å². The first-order valence-electron chi connectivity index (χ1n) is 9.47. The van der Waals surface area contributed by atoms with Crippen LogP contribution < -0.4 is 9.47 Å². The summed E-state index contributed by atoms with van der Waals surface area (Å²) in [6.45, 7) is 1.63. The molecule has 0 aromatic heterocycles. The first-order valence-corrected chi connectivity index (χ1v) is 9.47. The molecule has 0 amide bonds. The number of aryl methyl sites for hydroxylation is 1. The minimum absolute atomic E-state index is 0.0354. The average molecular weight is 415 g/mol. The van der Waals surface area contributed by atoms with Crippen LogP contribution in [0.1, 0.15) is 31.8 Å². The van der Waals surface area contributed by atoms with Gasteiger partial charge < -0.3 is 9.47 Å². The van der Waals surface area contributed by atoms with Crippen LogP contribution in [0.2, 0.25) is 0 Å². The standard InChI is InChI=1S/C24H17NO6/c1-15-11-19(30-14-20(26)17-5-3-2-4-6-17)13-21-23(15)24(27)22(31-21)12-16-7-9-18(10-8-16)25(28)29/h2-13H,14H2,1H3/b22-12-. The van der Waals surface area contributed by atoms with Crippen molar-refractivity contribution in [2.45, 2.75) is 6.92 Å². The summed E-state index contributed by atoms with van der Waals surface area (Å²) < 4.78 is 11.4. The number of Topliss-reactive ketones (excluding diaryl/α,β-unsaturated/α-hetero) is 2. The third kappa shape index (κ3) is 4.20. The predicted octanol–water partition coefficient (Wildman–Crippen LogP) is 4.78. The van der Waals surface area contributed by atoms with E-state index in [0.29, 0.717) is 33.8 Å². The lowest BCUT2D eigenvalue weighted by atomic mass is 10.0. The Kier molecular flexibility index (Phi) is 5.32. The third-order valence-corrected chi connectivity index (χ3v) is 4.81. The highest BCUT2D eigenvalue weighted by molar-refractivity contribution is 6.15. The van der Waals surface area contributed by atoms with Crippen molar-refractivity contribution in [3.63, 3.8) is 0 Å². The Labute approximate surface area is 177 Å². The number of non-ortho nitro benzene ring substituents is 1. The van der Waals surface area contributed by atoms with Crippen molar-refractivity contribution in [2.24, 2.45) is 0 Å². The lowest BCUT2D eigenvalue weighted by molar-refractivity contribution is -0.384. The maximum atomic E-state index is 12.8. The van der Waals surface area contributed by atoms with Gasteiger partial charge in [0.2, 0.25) is 5.78 Å². The number of ketones is 2. The molecular formula is C24H17NO6. The summed E-state index contributed by atoms with van der Waals surface area (Å²) >= 11 is 0. The summed E-state index contributed by atoms with van der Waals surface area (Å²) in [4.78, 5) is 35.3. The van der Waals surface area contributed by atoms with Gasteiger partial charge in [-0.25, -0.2) is 0 Å². The van der Waals surface area contributed by atoms with Gasteiger partial charge >= 0.3 is 0 Å². The molecule has 0 spiro atoms. The molecule has 0 aliphatic carbocycles. The first kappa shape index (κ1) is 20.0. The highest BCUT2D eigenvalue weighted by Gasteiger charge is 2.30. The largest absolute Gasteiger partial charge is 0.485 e. The van der Waals surface area contributed by atoms with Crippen molar-refractivity contribution in [2.75, 3.05) is 6.61 Å². The van der Waals surface area contributed by atoms with Gasteiger partial charge in [-0.1, -0.05) is 30.3 Å². The molecule has 0 radical (unpaired) electrons. The molecule has 154 valence electrons. The predicted molar refractivity (Wildman–Crippen MR) is 113 cm³/mol. The zero-order valence-electron chi connectivity index (χ0n) is 16.5. The van der Waals surface area contributed by atoms with Crippen LogP contribution in [-0.2, 0) is 0 Å². The number of nitro groups is 1. The second-order valence-corrected chi connectivity index (χ2v) is 6.98. The van der Waals surface area contributed by atoms with Crippen molar-refractivity contribution in [3.8, 4) is 11.5 Å². The van der Waals surface area contributed by atoms with E-state index in [1.54, 1.807) is 55.5 Å². The number of nitro benzene ring substituents is 1. The van der Waals surface area contributed by atoms with Gasteiger partial charge in [0, 0.05) is 23.8 Å². The van der Waals surface area contributed by atoms with Crippen molar-refractivity contribution in [1.82, 2.24) is 0 Å². The van der Waals surface area contributed by atoms with Crippen LogP contribution in [0.25, 0.3) is 6.08 Å². The highest BCUT2D eigenvalue weighted by Crippen LogP contribution is 2.37. The summed E-state index contributed by atoms with van der Waals surface area (Å²) in [7, 11) is 0. The van der Waals surface area contributed by atoms with Gasteiger partial charge in [-0.05, 0) is 42.3 Å². The number of carbonyl (C=O) groups excluding carboxylic acids is 2. The van der Waals surface area contributed by atoms with E-state index in [1.165, 1.54) is 18.2 Å². The van der Waals surface area contributed by atoms with Crippen LogP contribution in [0.5, 0.6) is 11.5 Å². The Morgan fingerprint density at radius 2 is 1.81 bits per heavy atom. The van der Waals surface area contributed by atoms with Crippen LogP contribution in [0.15, 0.2) is 72.5 Å². The molecule has 0 N–H and O–H groups in total. The summed E-state index contributed by atoms with van der Waals surface area (Å²) in [5.41, 5.74) is 2.21. The van der Waals surface area contributed by atoms with Crippen molar-refractivity contribution < 1.29 is 24.0 Å². The zero-order valence-corrected chi connectivity index (χ0v) is 16.5. The fourth-order valence-electron chi connectivity index (χ4n) is 3.26. The van der Waals surface area contributed by atoms with E-state index in [2.05, 4.69) is 0 Å². The lowest BCUT2D eigenvalue weighted by Crippen LogP contribution is -2.11. The second-order valence-electron chi connectivity index (χ2n) is 6.98. The fourth-order valence-corrected chi connectivity index (χ4v) is 3.26. The molecule has 0 bridgehead atoms. The average Bonchev–Trinajstić information content (AvgIpc) is 3.08. The minimum atomic E-state index is -0.489. The molecule has 0 saturated carbocycles. The first-order chi connectivity index (χ1) is 14.9. The number of carbonyl (C=O) groups is 2. The monoisotopic (exact) mass is 415 g/mol. The maximum absolute atomic E-state index is 12.8. The van der Waals surface area contributed by atoms with E-state index >= 15 is 0 Å². The van der Waals surface area contributed by atoms with Gasteiger partial charge in [-0.3, -0.25) is 19.7 Å². The van der Waals surface area contributed by atoms with Gasteiger partial charge in [-0.2, -0.15) is 0 Å². The Hall–Kier alpha value is -4.26. The maximum Gasteiger partial charge on any atom is 0.269 e. The molecule has 3 aromatic carbocycles. The molecule has 3 aromatic rings. The zero-order chi connectivity index (χ0) is 22.0. The molecule has 7 heteroatoms. The van der Waals surface area contributed by atoms with Crippen molar-refractivity contribution in [3.05, 3.63) is 105 Å².